The highest BCUT2D eigenvalue weighted by Crippen LogP contribution is 2.06. The molecule has 2 aromatic rings. The minimum Gasteiger partial charge on any atom is -0.481 e. The van der Waals surface area contributed by atoms with Gasteiger partial charge in [-0.05, 0) is 0 Å². The van der Waals surface area contributed by atoms with Crippen LogP contribution in [0.5, 0.6) is 0 Å². The molecule has 0 amide bonds. The van der Waals surface area contributed by atoms with Crippen LogP contribution in [0.1, 0.15) is 6.42 Å². The fourth-order valence-corrected chi connectivity index (χ4v) is 1.30. The summed E-state index contributed by atoms with van der Waals surface area (Å²) in [5, 5.41) is 12.4. The molecule has 0 unspecified atom stereocenters. The van der Waals surface area contributed by atoms with E-state index < -0.39 is 5.97 Å². The van der Waals surface area contributed by atoms with Gasteiger partial charge in [0.2, 0.25) is 0 Å². The third-order valence-electron chi connectivity index (χ3n) is 2.06. The molecule has 0 aliphatic heterocycles. The van der Waals surface area contributed by atoms with Crippen LogP contribution in [0.25, 0.3) is 11.0 Å². The summed E-state index contributed by atoms with van der Waals surface area (Å²) in [5.41, 5.74) is 0.126. The zero-order valence-electron chi connectivity index (χ0n) is 7.71. The van der Waals surface area contributed by atoms with Crippen molar-refractivity contribution < 1.29 is 14.4 Å². The van der Waals surface area contributed by atoms with Crippen molar-refractivity contribution in [2.45, 2.75) is 13.0 Å². The zero-order valence-corrected chi connectivity index (χ0v) is 7.71. The van der Waals surface area contributed by atoms with E-state index in [1.165, 1.54) is 17.0 Å². The van der Waals surface area contributed by atoms with Gasteiger partial charge < -0.3 is 14.2 Å². The number of pyridine rings is 1. The third-order valence-corrected chi connectivity index (χ3v) is 2.06. The number of hydrogen-bond donors (Lipinski definition) is 1. The first-order valence-corrected chi connectivity index (χ1v) is 4.34. The molecule has 0 saturated heterocycles. The highest BCUT2D eigenvalue weighted by molar-refractivity contribution is 5.74. The Bertz CT molecular complexity index is 554. The van der Waals surface area contributed by atoms with E-state index in [-0.39, 0.29) is 18.5 Å². The average molecular weight is 208 g/mol. The molecule has 6 heteroatoms. The van der Waals surface area contributed by atoms with E-state index >= 15 is 0 Å². The van der Waals surface area contributed by atoms with Gasteiger partial charge in [0.25, 0.3) is 5.56 Å². The third kappa shape index (κ3) is 1.74. The molecular weight excluding hydrogens is 200 g/mol. The van der Waals surface area contributed by atoms with Crippen LogP contribution in [-0.4, -0.2) is 20.8 Å². The topological polar surface area (TPSA) is 85.3 Å². The van der Waals surface area contributed by atoms with Crippen molar-refractivity contribution in [2.24, 2.45) is 0 Å². The maximum absolute atomic E-state index is 11.7. The van der Waals surface area contributed by atoms with Gasteiger partial charge in [0, 0.05) is 18.8 Å². The molecule has 6 nitrogen and oxygen atoms in total. The summed E-state index contributed by atoms with van der Waals surface area (Å²) in [6, 6.07) is 1.59. The van der Waals surface area contributed by atoms with Crippen LogP contribution >= 0.6 is 0 Å². The molecule has 0 fully saturated rings. The largest absolute Gasteiger partial charge is 0.481 e. The normalized spacial score (nSPS) is 10.7. The highest BCUT2D eigenvalue weighted by atomic mass is 16.5. The molecule has 15 heavy (non-hydrogen) atoms. The first kappa shape index (κ1) is 9.45. The van der Waals surface area contributed by atoms with Gasteiger partial charge in [0.05, 0.1) is 12.6 Å². The Morgan fingerprint density at radius 3 is 3.13 bits per heavy atom. The number of aromatic nitrogens is 2. The summed E-state index contributed by atoms with van der Waals surface area (Å²) in [7, 11) is 0. The fraction of sp³-hybridized carbons (Fsp3) is 0.222. The number of aryl methyl sites for hydroxylation is 1. The Hall–Kier alpha value is -2.11. The molecule has 0 aliphatic carbocycles. The lowest BCUT2D eigenvalue weighted by Crippen LogP contribution is -2.20. The Kier molecular flexibility index (Phi) is 2.24. The van der Waals surface area contributed by atoms with Crippen molar-refractivity contribution in [3.8, 4) is 0 Å². The molecule has 0 aliphatic rings. The number of carbonyl (C=O) groups is 1. The minimum atomic E-state index is -0.938. The molecule has 1 N–H and O–H groups in total. The fourth-order valence-electron chi connectivity index (χ4n) is 1.30. The maximum Gasteiger partial charge on any atom is 0.305 e. The molecule has 2 aromatic heterocycles. The number of carboxylic acid groups (broad SMARTS) is 1. The molecule has 0 atom stereocenters. The quantitative estimate of drug-likeness (QED) is 0.792. The minimum absolute atomic E-state index is 0.0866. The van der Waals surface area contributed by atoms with E-state index in [1.807, 2.05) is 0 Å². The van der Waals surface area contributed by atoms with E-state index in [1.54, 1.807) is 6.07 Å². The average Bonchev–Trinajstić information content (AvgIpc) is 2.65. The number of hydrogen-bond acceptors (Lipinski definition) is 4. The summed E-state index contributed by atoms with van der Waals surface area (Å²) in [6.45, 7) is 0.148. The van der Waals surface area contributed by atoms with Gasteiger partial charge >= 0.3 is 5.97 Å². The van der Waals surface area contributed by atoms with Gasteiger partial charge in [-0.3, -0.25) is 9.59 Å². The standard InChI is InChI=1S/C9H8N2O4/c12-8(13)2-4-11-3-1-7-6(9(11)14)5-10-15-7/h1,3,5H,2,4H2,(H,12,13). The van der Waals surface area contributed by atoms with Crippen molar-refractivity contribution in [2.75, 3.05) is 0 Å². The van der Waals surface area contributed by atoms with Crippen molar-refractivity contribution in [1.82, 2.24) is 9.72 Å². The zero-order chi connectivity index (χ0) is 10.8. The summed E-state index contributed by atoms with van der Waals surface area (Å²) in [6.07, 6.45) is 2.74. The van der Waals surface area contributed by atoms with Crippen molar-refractivity contribution in [3.05, 3.63) is 28.8 Å². The Labute approximate surface area is 83.7 Å². The first-order chi connectivity index (χ1) is 7.18. The monoisotopic (exact) mass is 208 g/mol. The summed E-state index contributed by atoms with van der Waals surface area (Å²) in [5.74, 6) is -0.938. The van der Waals surface area contributed by atoms with E-state index in [0.29, 0.717) is 11.0 Å². The van der Waals surface area contributed by atoms with E-state index in [2.05, 4.69) is 5.16 Å². The highest BCUT2D eigenvalue weighted by Gasteiger charge is 2.06. The van der Waals surface area contributed by atoms with Crippen molar-refractivity contribution >= 4 is 16.9 Å². The van der Waals surface area contributed by atoms with Crippen molar-refractivity contribution in [1.29, 1.82) is 0 Å². The molecular formula is C9H8N2O4. The summed E-state index contributed by atoms with van der Waals surface area (Å²) < 4.78 is 6.13. The smallest absolute Gasteiger partial charge is 0.305 e. The second kappa shape index (κ2) is 3.56. The molecule has 0 radical (unpaired) electrons. The van der Waals surface area contributed by atoms with Gasteiger partial charge in [0.1, 0.15) is 5.39 Å². The van der Waals surface area contributed by atoms with Gasteiger partial charge in [-0.1, -0.05) is 5.16 Å². The lowest BCUT2D eigenvalue weighted by molar-refractivity contribution is -0.137. The van der Waals surface area contributed by atoms with Crippen molar-refractivity contribution in [3.63, 3.8) is 0 Å². The summed E-state index contributed by atoms with van der Waals surface area (Å²) in [4.78, 5) is 22.0. The molecule has 0 spiro atoms. The van der Waals surface area contributed by atoms with Crippen LogP contribution in [0.3, 0.4) is 0 Å². The molecule has 0 saturated carbocycles. The second-order valence-corrected chi connectivity index (χ2v) is 3.06. The van der Waals surface area contributed by atoms with E-state index in [4.69, 9.17) is 9.63 Å². The number of nitrogens with zero attached hydrogens (tertiary/aromatic N) is 2. The predicted molar refractivity (Wildman–Crippen MR) is 50.5 cm³/mol. The van der Waals surface area contributed by atoms with Crippen LogP contribution in [0, 0.1) is 0 Å². The number of fused-ring (bicyclic) bond motifs is 1. The van der Waals surface area contributed by atoms with Gasteiger partial charge in [-0.2, -0.15) is 0 Å². The SMILES string of the molecule is O=C(O)CCn1ccc2oncc2c1=O. The number of aliphatic carboxylic acids is 1. The molecule has 0 aromatic carbocycles. The number of carboxylic acids is 1. The van der Waals surface area contributed by atoms with E-state index in [9.17, 15) is 9.59 Å². The van der Waals surface area contributed by atoms with Gasteiger partial charge in [-0.15, -0.1) is 0 Å². The van der Waals surface area contributed by atoms with Crippen LogP contribution < -0.4 is 5.56 Å². The van der Waals surface area contributed by atoms with Crippen LogP contribution in [0.2, 0.25) is 0 Å². The number of rotatable bonds is 3. The lowest BCUT2D eigenvalue weighted by Gasteiger charge is -2.01. The predicted octanol–water partition coefficient (Wildman–Crippen LogP) is 0.464. The molecule has 2 heterocycles. The second-order valence-electron chi connectivity index (χ2n) is 3.06. The molecule has 2 rings (SSSR count). The Morgan fingerprint density at radius 2 is 2.40 bits per heavy atom. The van der Waals surface area contributed by atoms with Crippen LogP contribution in [0.4, 0.5) is 0 Å². The van der Waals surface area contributed by atoms with Crippen LogP contribution in [0.15, 0.2) is 27.8 Å². The van der Waals surface area contributed by atoms with E-state index in [0.717, 1.165) is 0 Å². The summed E-state index contributed by atoms with van der Waals surface area (Å²) >= 11 is 0. The Morgan fingerprint density at radius 1 is 1.60 bits per heavy atom. The Balaban J connectivity index is 2.40. The van der Waals surface area contributed by atoms with Crippen LogP contribution in [-0.2, 0) is 11.3 Å². The van der Waals surface area contributed by atoms with Gasteiger partial charge in [-0.25, -0.2) is 0 Å². The molecule has 0 bridgehead atoms. The first-order valence-electron chi connectivity index (χ1n) is 4.34. The van der Waals surface area contributed by atoms with Gasteiger partial charge in [0.15, 0.2) is 5.58 Å². The lowest BCUT2D eigenvalue weighted by atomic mass is 10.3. The molecule has 78 valence electrons. The maximum atomic E-state index is 11.7.